The molecule has 0 unspecified atom stereocenters. The third-order valence-electron chi connectivity index (χ3n) is 6.08. The molecule has 0 saturated heterocycles. The average Bonchev–Trinajstić information content (AvgIpc) is 2.50. The SMILES string of the molecule is COc1c(Cl)cc(Cl)cc1C=CC(=O)NC12CC3CC(CC(C3)C1)C2. The van der Waals surface area contributed by atoms with Crippen LogP contribution < -0.4 is 10.1 Å². The lowest BCUT2D eigenvalue weighted by molar-refractivity contribution is -0.122. The summed E-state index contributed by atoms with van der Waals surface area (Å²) in [6.07, 6.45) is 10.8. The van der Waals surface area contributed by atoms with Gasteiger partial charge in [0.05, 0.1) is 12.1 Å². The Hall–Kier alpha value is -1.19. The first-order chi connectivity index (χ1) is 12.0. The number of halogens is 2. The molecule has 1 aromatic carbocycles. The molecule has 0 spiro atoms. The Morgan fingerprint density at radius 3 is 2.32 bits per heavy atom. The number of methoxy groups -OCH3 is 1. The van der Waals surface area contributed by atoms with E-state index in [0.717, 1.165) is 37.0 Å². The van der Waals surface area contributed by atoms with E-state index in [4.69, 9.17) is 27.9 Å². The Labute approximate surface area is 158 Å². The van der Waals surface area contributed by atoms with E-state index in [-0.39, 0.29) is 11.4 Å². The predicted molar refractivity (Wildman–Crippen MR) is 101 cm³/mol. The summed E-state index contributed by atoms with van der Waals surface area (Å²) in [5, 5.41) is 4.29. The molecule has 0 aromatic heterocycles. The molecule has 0 radical (unpaired) electrons. The Morgan fingerprint density at radius 1 is 1.16 bits per heavy atom. The normalized spacial score (nSPS) is 33.0. The van der Waals surface area contributed by atoms with Crippen molar-refractivity contribution in [2.75, 3.05) is 7.11 Å². The van der Waals surface area contributed by atoms with E-state index in [9.17, 15) is 4.79 Å². The molecule has 4 saturated carbocycles. The van der Waals surface area contributed by atoms with Crippen LogP contribution in [-0.2, 0) is 4.79 Å². The average molecular weight is 380 g/mol. The Kier molecular flexibility index (Phi) is 4.49. The zero-order chi connectivity index (χ0) is 17.6. The zero-order valence-electron chi connectivity index (χ0n) is 14.4. The monoisotopic (exact) mass is 379 g/mol. The highest BCUT2D eigenvalue weighted by molar-refractivity contribution is 6.36. The van der Waals surface area contributed by atoms with Crippen molar-refractivity contribution in [3.63, 3.8) is 0 Å². The lowest BCUT2D eigenvalue weighted by Crippen LogP contribution is -2.59. The first-order valence-corrected chi connectivity index (χ1v) is 9.75. The molecule has 25 heavy (non-hydrogen) atoms. The van der Waals surface area contributed by atoms with E-state index in [1.54, 1.807) is 31.4 Å². The molecular weight excluding hydrogens is 357 g/mol. The molecule has 0 heterocycles. The highest BCUT2D eigenvalue weighted by atomic mass is 35.5. The number of nitrogens with one attached hydrogen (secondary N) is 1. The van der Waals surface area contributed by atoms with E-state index >= 15 is 0 Å². The molecule has 0 aliphatic heterocycles. The lowest BCUT2D eigenvalue weighted by atomic mass is 9.53. The molecule has 4 aliphatic rings. The van der Waals surface area contributed by atoms with Crippen LogP contribution in [0.4, 0.5) is 0 Å². The Balaban J connectivity index is 1.49. The number of benzene rings is 1. The number of hydrogen-bond acceptors (Lipinski definition) is 2. The van der Waals surface area contributed by atoms with Crippen molar-refractivity contribution in [3.8, 4) is 5.75 Å². The predicted octanol–water partition coefficient (Wildman–Crippen LogP) is 5.10. The van der Waals surface area contributed by atoms with Crippen LogP contribution in [-0.4, -0.2) is 18.6 Å². The largest absolute Gasteiger partial charge is 0.495 e. The molecular formula is C20H23Cl2NO2. The van der Waals surface area contributed by atoms with Gasteiger partial charge in [-0.1, -0.05) is 23.2 Å². The van der Waals surface area contributed by atoms with Gasteiger partial charge in [-0.05, 0) is 74.5 Å². The van der Waals surface area contributed by atoms with Crippen LogP contribution in [0.2, 0.25) is 10.0 Å². The van der Waals surface area contributed by atoms with Crippen molar-refractivity contribution in [1.82, 2.24) is 5.32 Å². The molecule has 134 valence electrons. The van der Waals surface area contributed by atoms with Crippen molar-refractivity contribution in [2.24, 2.45) is 17.8 Å². The minimum atomic E-state index is -0.0416. The summed E-state index contributed by atoms with van der Waals surface area (Å²) in [5.41, 5.74) is 0.729. The number of carbonyl (C=O) groups excluding carboxylic acids is 1. The Morgan fingerprint density at radius 2 is 1.76 bits per heavy atom. The maximum atomic E-state index is 12.6. The van der Waals surface area contributed by atoms with Crippen LogP contribution in [0.5, 0.6) is 5.75 Å². The van der Waals surface area contributed by atoms with Gasteiger partial charge in [0.25, 0.3) is 0 Å². The van der Waals surface area contributed by atoms with Crippen molar-refractivity contribution in [3.05, 3.63) is 33.8 Å². The van der Waals surface area contributed by atoms with E-state index in [1.807, 2.05) is 0 Å². The fourth-order valence-corrected chi connectivity index (χ4v) is 6.24. The quantitative estimate of drug-likeness (QED) is 0.738. The molecule has 1 amide bonds. The molecule has 5 heteroatoms. The number of amides is 1. The van der Waals surface area contributed by atoms with Crippen LogP contribution in [0.1, 0.15) is 44.1 Å². The second-order valence-electron chi connectivity index (χ2n) is 8.03. The van der Waals surface area contributed by atoms with Crippen LogP contribution in [0.3, 0.4) is 0 Å². The van der Waals surface area contributed by atoms with Crippen molar-refractivity contribution >= 4 is 35.2 Å². The van der Waals surface area contributed by atoms with Gasteiger partial charge in [-0.15, -0.1) is 0 Å². The first kappa shape index (κ1) is 17.2. The maximum Gasteiger partial charge on any atom is 0.244 e. The summed E-state index contributed by atoms with van der Waals surface area (Å²) in [6.45, 7) is 0. The second-order valence-corrected chi connectivity index (χ2v) is 8.87. The number of hydrogen-bond donors (Lipinski definition) is 1. The number of rotatable bonds is 4. The number of ether oxygens (including phenoxy) is 1. The standard InChI is InChI=1S/C20H23Cl2NO2/c1-25-19-15(7-16(21)8-17(19)22)2-3-18(24)23-20-9-12-4-13(10-20)6-14(5-12)11-20/h2-3,7-8,12-14H,4-6,9-11H2,1H3,(H,23,24). The molecule has 3 nitrogen and oxygen atoms in total. The van der Waals surface area contributed by atoms with Crippen molar-refractivity contribution < 1.29 is 9.53 Å². The summed E-state index contributed by atoms with van der Waals surface area (Å²) in [5.74, 6) is 2.91. The zero-order valence-corrected chi connectivity index (χ0v) is 15.9. The van der Waals surface area contributed by atoms with Gasteiger partial charge < -0.3 is 10.1 Å². The van der Waals surface area contributed by atoms with Gasteiger partial charge in [0.2, 0.25) is 5.91 Å². The molecule has 1 aromatic rings. The minimum absolute atomic E-state index is 0.0201. The van der Waals surface area contributed by atoms with Crippen LogP contribution in [0.25, 0.3) is 6.08 Å². The topological polar surface area (TPSA) is 38.3 Å². The van der Waals surface area contributed by atoms with Crippen LogP contribution in [0.15, 0.2) is 18.2 Å². The molecule has 4 bridgehead atoms. The third-order valence-corrected chi connectivity index (χ3v) is 6.58. The lowest BCUT2D eigenvalue weighted by Gasteiger charge is -2.56. The highest BCUT2D eigenvalue weighted by Crippen LogP contribution is 2.55. The first-order valence-electron chi connectivity index (χ1n) is 8.99. The van der Waals surface area contributed by atoms with Gasteiger partial charge in [-0.3, -0.25) is 4.79 Å². The van der Waals surface area contributed by atoms with Gasteiger partial charge in [-0.2, -0.15) is 0 Å². The molecule has 4 fully saturated rings. The summed E-state index contributed by atoms with van der Waals surface area (Å²) in [6, 6.07) is 3.38. The van der Waals surface area contributed by atoms with E-state index < -0.39 is 0 Å². The molecule has 4 aliphatic carbocycles. The Bertz CT molecular complexity index is 693. The second kappa shape index (κ2) is 6.51. The molecule has 0 atom stereocenters. The van der Waals surface area contributed by atoms with E-state index in [2.05, 4.69) is 5.32 Å². The smallest absolute Gasteiger partial charge is 0.244 e. The number of carbonyl (C=O) groups is 1. The fourth-order valence-electron chi connectivity index (χ4n) is 5.65. The van der Waals surface area contributed by atoms with Gasteiger partial charge in [0, 0.05) is 22.2 Å². The fraction of sp³-hybridized carbons (Fsp3) is 0.550. The van der Waals surface area contributed by atoms with Crippen LogP contribution >= 0.6 is 23.2 Å². The van der Waals surface area contributed by atoms with Gasteiger partial charge in [0.15, 0.2) is 0 Å². The highest BCUT2D eigenvalue weighted by Gasteiger charge is 2.51. The van der Waals surface area contributed by atoms with Gasteiger partial charge >= 0.3 is 0 Å². The molecule has 1 N–H and O–H groups in total. The molecule has 5 rings (SSSR count). The van der Waals surface area contributed by atoms with Crippen molar-refractivity contribution in [2.45, 2.75) is 44.1 Å². The summed E-state index contributed by atoms with van der Waals surface area (Å²) in [7, 11) is 1.56. The van der Waals surface area contributed by atoms with Gasteiger partial charge in [0.1, 0.15) is 5.75 Å². The maximum absolute atomic E-state index is 12.6. The summed E-state index contributed by atoms with van der Waals surface area (Å²) >= 11 is 12.2. The minimum Gasteiger partial charge on any atom is -0.495 e. The third kappa shape index (κ3) is 3.41. The summed E-state index contributed by atoms with van der Waals surface area (Å²) in [4.78, 5) is 12.6. The van der Waals surface area contributed by atoms with E-state index in [0.29, 0.717) is 21.4 Å². The summed E-state index contributed by atoms with van der Waals surface area (Å²) < 4.78 is 5.32. The van der Waals surface area contributed by atoms with Gasteiger partial charge in [-0.25, -0.2) is 0 Å². The van der Waals surface area contributed by atoms with Crippen molar-refractivity contribution in [1.29, 1.82) is 0 Å². The van der Waals surface area contributed by atoms with E-state index in [1.165, 1.54) is 19.3 Å². The van der Waals surface area contributed by atoms with Crippen LogP contribution in [0, 0.1) is 17.8 Å².